The predicted octanol–water partition coefficient (Wildman–Crippen LogP) is 9.33. The van der Waals surface area contributed by atoms with Gasteiger partial charge in [0.2, 0.25) is 5.91 Å². The van der Waals surface area contributed by atoms with Crippen LogP contribution < -0.4 is 5.32 Å². The van der Waals surface area contributed by atoms with Crippen LogP contribution in [0.5, 0.6) is 0 Å². The highest BCUT2D eigenvalue weighted by molar-refractivity contribution is 5.76. The monoisotopic (exact) mass is 1050 g/mol. The van der Waals surface area contributed by atoms with Crippen LogP contribution in [0.15, 0.2) is 85.1 Å². The van der Waals surface area contributed by atoms with Crippen LogP contribution in [0.1, 0.15) is 194 Å². The van der Waals surface area contributed by atoms with E-state index in [1.54, 1.807) is 6.08 Å². The second-order valence-electron chi connectivity index (χ2n) is 20.0. The number of ether oxygens (including phenoxy) is 4. The molecule has 0 aromatic rings. The third-order valence-electron chi connectivity index (χ3n) is 13.6. The van der Waals surface area contributed by atoms with E-state index in [1.807, 2.05) is 6.08 Å². The molecule has 0 aromatic carbocycles. The van der Waals surface area contributed by atoms with Gasteiger partial charge in [-0.2, -0.15) is 0 Å². The summed E-state index contributed by atoms with van der Waals surface area (Å²) in [5, 5.41) is 87.0. The van der Waals surface area contributed by atoms with E-state index in [0.717, 1.165) is 64.2 Å². The summed E-state index contributed by atoms with van der Waals surface area (Å²) < 4.78 is 22.7. The average Bonchev–Trinajstić information content (AvgIpc) is 3.40. The largest absolute Gasteiger partial charge is 0.394 e. The number of rotatable bonds is 44. The molecule has 12 unspecified atom stereocenters. The lowest BCUT2D eigenvalue weighted by Crippen LogP contribution is -2.65. The van der Waals surface area contributed by atoms with Crippen LogP contribution in [0.25, 0.3) is 0 Å². The summed E-state index contributed by atoms with van der Waals surface area (Å²) in [6.45, 7) is 2.63. The van der Waals surface area contributed by atoms with Crippen molar-refractivity contribution in [1.82, 2.24) is 5.32 Å². The molecule has 0 bridgehead atoms. The van der Waals surface area contributed by atoms with E-state index in [4.69, 9.17) is 18.9 Å². The lowest BCUT2D eigenvalue weighted by Gasteiger charge is -2.46. The first-order chi connectivity index (χ1) is 36.1. The van der Waals surface area contributed by atoms with Gasteiger partial charge in [-0.3, -0.25) is 4.79 Å². The van der Waals surface area contributed by atoms with E-state index in [-0.39, 0.29) is 18.9 Å². The average molecular weight is 1050 g/mol. The van der Waals surface area contributed by atoms with Crippen LogP contribution in [0.2, 0.25) is 0 Å². The molecule has 2 rings (SSSR count). The Morgan fingerprint density at radius 2 is 0.946 bits per heavy atom. The summed E-state index contributed by atoms with van der Waals surface area (Å²) in [5.74, 6) is -0.283. The van der Waals surface area contributed by atoms with Crippen molar-refractivity contribution in [2.45, 2.75) is 267 Å². The maximum Gasteiger partial charge on any atom is 0.220 e. The summed E-state index contributed by atoms with van der Waals surface area (Å²) in [6.07, 6.45) is 43.3. The van der Waals surface area contributed by atoms with E-state index in [0.29, 0.717) is 12.8 Å². The Labute approximate surface area is 446 Å². The fourth-order valence-electron chi connectivity index (χ4n) is 8.92. The molecule has 12 atom stereocenters. The number of carbonyl (C=O) groups excluding carboxylic acids is 1. The molecule has 74 heavy (non-hydrogen) atoms. The van der Waals surface area contributed by atoms with Crippen molar-refractivity contribution in [3.05, 3.63) is 85.1 Å². The van der Waals surface area contributed by atoms with Crippen LogP contribution in [-0.2, 0) is 23.7 Å². The standard InChI is InChI=1S/C60H103NO13/c1-3-5-7-9-11-13-15-17-19-21-23-24-26-27-29-31-33-35-37-39-41-43-49(64)48(61-52(65)44-42-40-38-36-34-32-30-28-25-22-20-18-16-14-12-10-8-6-4-2)47-71-59-57(70)55(68)58(51(46-63)73-59)74-60-56(69)54(67)53(66)50(45-62)72-60/h6,8,12,14,18,20,25,28,32-35,41,43,48-51,53-60,62-64,66-70H,3-5,7,9-11,13,15-17,19,21-24,26-27,29-31,36-40,42,44-47H2,1-2H3,(H,61,65)/b8-6-,14-12-,20-18-,28-25-,34-32-,35-33+,43-41+. The first-order valence-corrected chi connectivity index (χ1v) is 28.8. The lowest BCUT2D eigenvalue weighted by atomic mass is 9.97. The SMILES string of the molecule is CC/C=C\C/C=C\C/C=C\C/C=C\C/C=C\CCCCCC(=O)NC(COC1OC(CO)C(OC2OC(CO)C(O)C(O)C2O)C(O)C1O)C(O)/C=C/CC/C=C/CCCCCCCCCCCCCCCCC. The van der Waals surface area contributed by atoms with Crippen molar-refractivity contribution in [1.29, 1.82) is 0 Å². The van der Waals surface area contributed by atoms with Crippen molar-refractivity contribution in [2.75, 3.05) is 19.8 Å². The Morgan fingerprint density at radius 1 is 0.500 bits per heavy atom. The van der Waals surface area contributed by atoms with Gasteiger partial charge >= 0.3 is 0 Å². The fourth-order valence-corrected chi connectivity index (χ4v) is 8.92. The molecule has 0 aliphatic carbocycles. The fraction of sp³-hybridized carbons (Fsp3) is 0.750. The van der Waals surface area contributed by atoms with Crippen molar-refractivity contribution in [3.8, 4) is 0 Å². The number of nitrogens with one attached hydrogen (secondary N) is 1. The number of hydrogen-bond donors (Lipinski definition) is 9. The third-order valence-corrected chi connectivity index (χ3v) is 13.6. The van der Waals surface area contributed by atoms with Crippen molar-refractivity contribution < 1.29 is 64.6 Å². The van der Waals surface area contributed by atoms with Gasteiger partial charge in [0, 0.05) is 6.42 Å². The molecule has 14 nitrogen and oxygen atoms in total. The zero-order chi connectivity index (χ0) is 53.9. The Bertz CT molecular complexity index is 1560. The van der Waals surface area contributed by atoms with E-state index in [1.165, 1.54) is 96.3 Å². The van der Waals surface area contributed by atoms with Crippen LogP contribution in [0.4, 0.5) is 0 Å². The lowest BCUT2D eigenvalue weighted by molar-refractivity contribution is -0.359. The van der Waals surface area contributed by atoms with E-state index in [9.17, 15) is 45.6 Å². The van der Waals surface area contributed by atoms with Crippen LogP contribution >= 0.6 is 0 Å². The molecular weight excluding hydrogens is 943 g/mol. The van der Waals surface area contributed by atoms with Gasteiger partial charge in [0.15, 0.2) is 12.6 Å². The van der Waals surface area contributed by atoms with Crippen LogP contribution in [-0.4, -0.2) is 140 Å². The molecule has 9 N–H and O–H groups in total. The van der Waals surface area contributed by atoms with Gasteiger partial charge in [0.25, 0.3) is 0 Å². The molecule has 0 radical (unpaired) electrons. The smallest absolute Gasteiger partial charge is 0.220 e. The Kier molecular flexibility index (Phi) is 41.1. The van der Waals surface area contributed by atoms with E-state index in [2.05, 4.69) is 92.1 Å². The van der Waals surface area contributed by atoms with E-state index >= 15 is 0 Å². The molecule has 1 amide bonds. The van der Waals surface area contributed by atoms with E-state index < -0.39 is 86.8 Å². The normalized spacial score (nSPS) is 25.9. The minimum atomic E-state index is -1.80. The Balaban J connectivity index is 1.83. The van der Waals surface area contributed by atoms with Gasteiger partial charge in [-0.25, -0.2) is 0 Å². The zero-order valence-electron chi connectivity index (χ0n) is 45.6. The van der Waals surface area contributed by atoms with Gasteiger partial charge in [-0.1, -0.05) is 195 Å². The van der Waals surface area contributed by atoms with Crippen LogP contribution in [0, 0.1) is 0 Å². The first-order valence-electron chi connectivity index (χ1n) is 28.8. The summed E-state index contributed by atoms with van der Waals surface area (Å²) in [6, 6.07) is -0.954. The molecule has 2 heterocycles. The number of aliphatic hydroxyl groups excluding tert-OH is 8. The van der Waals surface area contributed by atoms with Crippen molar-refractivity contribution >= 4 is 5.91 Å². The first kappa shape index (κ1) is 67.3. The number of hydrogen-bond acceptors (Lipinski definition) is 13. The molecule has 2 fully saturated rings. The number of aliphatic hydroxyl groups is 8. The highest BCUT2D eigenvalue weighted by atomic mass is 16.7. The maximum atomic E-state index is 13.2. The molecule has 0 saturated carbocycles. The summed E-state index contributed by atoms with van der Waals surface area (Å²) in [4.78, 5) is 13.2. The van der Waals surface area contributed by atoms with Gasteiger partial charge in [0.05, 0.1) is 32.0 Å². The molecule has 0 spiro atoms. The van der Waals surface area contributed by atoms with Crippen molar-refractivity contribution in [3.63, 3.8) is 0 Å². The van der Waals surface area contributed by atoms with Gasteiger partial charge in [-0.15, -0.1) is 0 Å². The second-order valence-corrected chi connectivity index (χ2v) is 20.0. The quantitative estimate of drug-likeness (QED) is 0.0205. The summed E-state index contributed by atoms with van der Waals surface area (Å²) in [7, 11) is 0. The zero-order valence-corrected chi connectivity index (χ0v) is 45.6. The molecule has 0 aromatic heterocycles. The minimum Gasteiger partial charge on any atom is -0.394 e. The number of allylic oxidation sites excluding steroid dienone is 13. The van der Waals surface area contributed by atoms with Crippen molar-refractivity contribution in [2.24, 2.45) is 0 Å². The Hall–Kier alpha value is -2.83. The molecule has 14 heteroatoms. The molecule has 2 aliphatic rings. The third kappa shape index (κ3) is 30.8. The highest BCUT2D eigenvalue weighted by Gasteiger charge is 2.51. The minimum absolute atomic E-state index is 0.230. The molecule has 426 valence electrons. The summed E-state index contributed by atoms with van der Waals surface area (Å²) in [5.41, 5.74) is 0. The van der Waals surface area contributed by atoms with Gasteiger partial charge in [0.1, 0.15) is 48.8 Å². The van der Waals surface area contributed by atoms with Gasteiger partial charge < -0.3 is 65.1 Å². The number of carbonyl (C=O) groups is 1. The van der Waals surface area contributed by atoms with Gasteiger partial charge in [-0.05, 0) is 77.0 Å². The Morgan fingerprint density at radius 3 is 1.49 bits per heavy atom. The summed E-state index contributed by atoms with van der Waals surface area (Å²) >= 11 is 0. The molecular formula is C60H103NO13. The molecule has 2 saturated heterocycles. The number of unbranched alkanes of at least 4 members (excludes halogenated alkanes) is 19. The second kappa shape index (κ2) is 45.2. The number of amides is 1. The topological polar surface area (TPSA) is 228 Å². The molecule has 2 aliphatic heterocycles. The predicted molar refractivity (Wildman–Crippen MR) is 295 cm³/mol. The highest BCUT2D eigenvalue weighted by Crippen LogP contribution is 2.30. The van der Waals surface area contributed by atoms with Crippen LogP contribution in [0.3, 0.4) is 0 Å². The maximum absolute atomic E-state index is 13.2.